The van der Waals surface area contributed by atoms with E-state index < -0.39 is 0 Å². The Labute approximate surface area is 182 Å². The van der Waals surface area contributed by atoms with Crippen molar-refractivity contribution in [3.05, 3.63) is 70.2 Å². The highest BCUT2D eigenvalue weighted by atomic mass is 35.5. The van der Waals surface area contributed by atoms with Crippen molar-refractivity contribution in [1.82, 2.24) is 4.98 Å². The van der Waals surface area contributed by atoms with Crippen molar-refractivity contribution in [3.8, 4) is 17.3 Å². The summed E-state index contributed by atoms with van der Waals surface area (Å²) < 4.78 is 13.3. The molecule has 0 N–H and O–H groups in total. The Hall–Kier alpha value is -3.08. The second kappa shape index (κ2) is 8.34. The number of allylic oxidation sites excluding steroid dienone is 4. The minimum atomic E-state index is -0.334. The highest BCUT2D eigenvalue weighted by Crippen LogP contribution is 2.36. The predicted octanol–water partition coefficient (Wildman–Crippen LogP) is 5.47. The summed E-state index contributed by atoms with van der Waals surface area (Å²) in [6.07, 6.45) is 6.29. The first-order valence-electron chi connectivity index (χ1n) is 9.32. The quantitative estimate of drug-likeness (QED) is 0.637. The summed E-state index contributed by atoms with van der Waals surface area (Å²) in [5.41, 5.74) is 4.67. The van der Waals surface area contributed by atoms with Crippen molar-refractivity contribution in [2.24, 2.45) is 9.98 Å². The Kier molecular flexibility index (Phi) is 5.62. The third-order valence-corrected chi connectivity index (χ3v) is 6.03. The van der Waals surface area contributed by atoms with Gasteiger partial charge in [0.15, 0.2) is 5.13 Å². The third-order valence-electron chi connectivity index (χ3n) is 4.78. The summed E-state index contributed by atoms with van der Waals surface area (Å²) in [5.74, 6) is -0.334. The molecule has 3 heterocycles. The number of benzene rings is 1. The number of hydrogen-bond acceptors (Lipinski definition) is 6. The molecule has 0 radical (unpaired) electrons. The van der Waals surface area contributed by atoms with Crippen LogP contribution in [0.15, 0.2) is 69.4 Å². The van der Waals surface area contributed by atoms with E-state index in [-0.39, 0.29) is 5.82 Å². The first-order valence-corrected chi connectivity index (χ1v) is 10.5. The fourth-order valence-electron chi connectivity index (χ4n) is 3.32. The molecule has 0 amide bonds. The molecule has 1 aromatic heterocycles. The number of nitrogens with zero attached hydrogens (tertiary/aromatic N) is 5. The fraction of sp³-hybridized carbons (Fsp3) is 0.182. The van der Waals surface area contributed by atoms with Gasteiger partial charge in [0.25, 0.3) is 0 Å². The van der Waals surface area contributed by atoms with Crippen molar-refractivity contribution >= 4 is 39.0 Å². The molecule has 150 valence electrons. The maximum absolute atomic E-state index is 13.3. The molecule has 2 aliphatic heterocycles. The standard InChI is InChI=1S/C22H17ClFN5S/c1-3-16-21(20-14(12-26-16)5-4-6-18(23)27-20)29(2)22-28-19(17(11-25)30-22)13-7-9-15(24)10-8-13/h4-10H,3,12H2,1-2H3. The van der Waals surface area contributed by atoms with Gasteiger partial charge in [-0.15, -0.1) is 0 Å². The minimum absolute atomic E-state index is 0.334. The number of anilines is 1. The lowest BCUT2D eigenvalue weighted by Crippen LogP contribution is -2.28. The number of hydrogen-bond donors (Lipinski definition) is 0. The topological polar surface area (TPSA) is 64.6 Å². The van der Waals surface area contributed by atoms with Gasteiger partial charge in [-0.2, -0.15) is 5.26 Å². The zero-order chi connectivity index (χ0) is 21.3. The molecule has 0 bridgehead atoms. The molecular formula is C22H17ClFN5S. The molecule has 5 nitrogen and oxygen atoms in total. The minimum Gasteiger partial charge on any atom is -0.317 e. The Balaban J connectivity index is 1.83. The van der Waals surface area contributed by atoms with Crippen LogP contribution in [0.1, 0.15) is 18.2 Å². The maximum atomic E-state index is 13.3. The van der Waals surface area contributed by atoms with E-state index in [9.17, 15) is 9.65 Å². The normalized spacial score (nSPS) is 15.6. The van der Waals surface area contributed by atoms with E-state index in [1.807, 2.05) is 31.0 Å². The molecule has 0 unspecified atom stereocenters. The van der Waals surface area contributed by atoms with E-state index in [1.165, 1.54) is 23.5 Å². The van der Waals surface area contributed by atoms with Crippen LogP contribution >= 0.6 is 22.9 Å². The van der Waals surface area contributed by atoms with Crippen LogP contribution in [-0.2, 0) is 0 Å². The van der Waals surface area contributed by atoms with Gasteiger partial charge in [0.05, 0.1) is 23.7 Å². The summed E-state index contributed by atoms with van der Waals surface area (Å²) in [7, 11) is 1.88. The van der Waals surface area contributed by atoms with Crippen LogP contribution in [-0.4, -0.2) is 29.5 Å². The Bertz CT molecular complexity index is 1200. The molecule has 8 heteroatoms. The summed E-state index contributed by atoms with van der Waals surface area (Å²) in [4.78, 5) is 16.4. The van der Waals surface area contributed by atoms with E-state index in [0.29, 0.717) is 33.0 Å². The zero-order valence-electron chi connectivity index (χ0n) is 16.4. The molecule has 0 spiro atoms. The van der Waals surface area contributed by atoms with Crippen LogP contribution in [0.5, 0.6) is 0 Å². The molecule has 0 fully saturated rings. The van der Waals surface area contributed by atoms with E-state index in [1.54, 1.807) is 18.2 Å². The van der Waals surface area contributed by atoms with E-state index in [4.69, 9.17) is 21.6 Å². The molecular weight excluding hydrogens is 421 g/mol. The van der Waals surface area contributed by atoms with Gasteiger partial charge in [0.2, 0.25) is 0 Å². The van der Waals surface area contributed by atoms with Crippen molar-refractivity contribution in [3.63, 3.8) is 0 Å². The van der Waals surface area contributed by atoms with Crippen LogP contribution in [0.3, 0.4) is 0 Å². The summed E-state index contributed by atoms with van der Waals surface area (Å²) in [6.45, 7) is 2.57. The summed E-state index contributed by atoms with van der Waals surface area (Å²) in [6, 6.07) is 8.17. The molecule has 1 aromatic carbocycles. The maximum Gasteiger partial charge on any atom is 0.191 e. The average molecular weight is 438 g/mol. The zero-order valence-corrected chi connectivity index (χ0v) is 17.9. The van der Waals surface area contributed by atoms with E-state index in [0.717, 1.165) is 29.1 Å². The lowest BCUT2D eigenvalue weighted by atomic mass is 10.0. The largest absolute Gasteiger partial charge is 0.317 e. The van der Waals surface area contributed by atoms with Crippen LogP contribution in [0, 0.1) is 17.1 Å². The van der Waals surface area contributed by atoms with Gasteiger partial charge < -0.3 is 4.90 Å². The van der Waals surface area contributed by atoms with Crippen LogP contribution in [0.2, 0.25) is 0 Å². The van der Waals surface area contributed by atoms with Crippen molar-refractivity contribution in [2.75, 3.05) is 18.5 Å². The van der Waals surface area contributed by atoms with Gasteiger partial charge in [-0.25, -0.2) is 14.4 Å². The average Bonchev–Trinajstić information content (AvgIpc) is 3.09. The molecule has 30 heavy (non-hydrogen) atoms. The smallest absolute Gasteiger partial charge is 0.191 e. The van der Waals surface area contributed by atoms with Crippen molar-refractivity contribution < 1.29 is 4.39 Å². The van der Waals surface area contributed by atoms with Crippen molar-refractivity contribution in [2.45, 2.75) is 13.3 Å². The molecule has 0 aliphatic carbocycles. The lowest BCUT2D eigenvalue weighted by molar-refractivity contribution is 0.628. The number of rotatable bonds is 4. The molecule has 0 atom stereocenters. The Morgan fingerprint density at radius 3 is 2.77 bits per heavy atom. The SMILES string of the molecule is CCC1=NCC2=CC=CC(Cl)=NC2=C1N(C)c1nc(-c2ccc(F)cc2)c(C#N)s1. The van der Waals surface area contributed by atoms with Crippen LogP contribution < -0.4 is 4.90 Å². The number of thiazole rings is 1. The van der Waals surface area contributed by atoms with Gasteiger partial charge in [0.1, 0.15) is 27.6 Å². The van der Waals surface area contributed by atoms with Gasteiger partial charge in [-0.05, 0) is 36.8 Å². The third kappa shape index (κ3) is 3.72. The second-order valence-corrected chi connectivity index (χ2v) is 8.02. The fourth-order valence-corrected chi connectivity index (χ4v) is 4.33. The molecule has 0 saturated carbocycles. The van der Waals surface area contributed by atoms with Crippen LogP contribution in [0.25, 0.3) is 11.3 Å². The monoisotopic (exact) mass is 437 g/mol. The highest BCUT2D eigenvalue weighted by molar-refractivity contribution is 7.16. The summed E-state index contributed by atoms with van der Waals surface area (Å²) >= 11 is 7.52. The number of nitriles is 1. The first kappa shape index (κ1) is 20.2. The van der Waals surface area contributed by atoms with E-state index in [2.05, 4.69) is 11.1 Å². The van der Waals surface area contributed by atoms with Crippen LogP contribution in [0.4, 0.5) is 9.52 Å². The van der Waals surface area contributed by atoms with E-state index >= 15 is 0 Å². The molecule has 0 saturated heterocycles. The highest BCUT2D eigenvalue weighted by Gasteiger charge is 2.27. The van der Waals surface area contributed by atoms with Gasteiger partial charge >= 0.3 is 0 Å². The second-order valence-electron chi connectivity index (χ2n) is 6.65. The number of aliphatic imine (C=N–C) groups is 2. The summed E-state index contributed by atoms with van der Waals surface area (Å²) in [5, 5.41) is 10.6. The Morgan fingerprint density at radius 1 is 1.30 bits per heavy atom. The Morgan fingerprint density at radius 2 is 2.07 bits per heavy atom. The van der Waals surface area contributed by atoms with Gasteiger partial charge in [-0.1, -0.05) is 42.0 Å². The molecule has 4 rings (SSSR count). The molecule has 2 aromatic rings. The lowest BCUT2D eigenvalue weighted by Gasteiger charge is -2.27. The van der Waals surface area contributed by atoms with Gasteiger partial charge in [-0.3, -0.25) is 4.99 Å². The first-order chi connectivity index (χ1) is 14.5. The molecule has 2 aliphatic rings. The number of halogens is 2. The number of dihydropyridines is 1. The van der Waals surface area contributed by atoms with Gasteiger partial charge in [0, 0.05) is 18.2 Å². The number of aromatic nitrogens is 1. The van der Waals surface area contributed by atoms with Crippen molar-refractivity contribution in [1.29, 1.82) is 5.26 Å². The predicted molar refractivity (Wildman–Crippen MR) is 121 cm³/mol. The number of fused-ring (bicyclic) bond motifs is 1.